The Kier molecular flexibility index (Phi) is 5.11. The van der Waals surface area contributed by atoms with Crippen molar-refractivity contribution in [2.45, 2.75) is 31.9 Å². The molecular weight excluding hydrogens is 286 g/mol. The van der Waals surface area contributed by atoms with Gasteiger partial charge in [0.1, 0.15) is 0 Å². The van der Waals surface area contributed by atoms with Gasteiger partial charge in [-0.05, 0) is 31.9 Å². The van der Waals surface area contributed by atoms with Crippen LogP contribution in [0.2, 0.25) is 0 Å². The molecule has 1 aliphatic rings. The van der Waals surface area contributed by atoms with Crippen LogP contribution in [-0.4, -0.2) is 41.5 Å². The molecule has 0 unspecified atom stereocenters. The van der Waals surface area contributed by atoms with Gasteiger partial charge >= 0.3 is 11.8 Å². The van der Waals surface area contributed by atoms with Gasteiger partial charge < -0.3 is 21.1 Å². The molecule has 22 heavy (non-hydrogen) atoms. The number of nitrogens with one attached hydrogen (secondary N) is 3. The summed E-state index contributed by atoms with van der Waals surface area (Å²) in [6.07, 6.45) is 1.18. The van der Waals surface area contributed by atoms with E-state index in [2.05, 4.69) is 16.0 Å². The third kappa shape index (κ3) is 4.56. The molecule has 0 heterocycles. The fraction of sp³-hybridized carbons (Fsp3) is 0.400. The molecule has 1 aliphatic carbocycles. The number of aliphatic hydroxyl groups is 1. The largest absolute Gasteiger partial charge is 0.392 e. The topological polar surface area (TPSA) is 108 Å². The number of aliphatic hydroxyl groups excluding tert-OH is 1. The molecular formula is C15H19N3O4. The normalized spacial score (nSPS) is 14.8. The van der Waals surface area contributed by atoms with Crippen molar-refractivity contribution in [1.29, 1.82) is 0 Å². The quantitative estimate of drug-likeness (QED) is 0.575. The lowest BCUT2D eigenvalue weighted by atomic mass is 10.1. The van der Waals surface area contributed by atoms with Gasteiger partial charge in [0, 0.05) is 12.6 Å². The average molecular weight is 305 g/mol. The van der Waals surface area contributed by atoms with E-state index in [1.807, 2.05) is 0 Å². The highest BCUT2D eigenvalue weighted by atomic mass is 16.3. The Bertz CT molecular complexity index is 582. The minimum atomic E-state index is -0.882. The summed E-state index contributed by atoms with van der Waals surface area (Å²) < 4.78 is 0. The van der Waals surface area contributed by atoms with Crippen LogP contribution in [0, 0.1) is 0 Å². The Balaban J connectivity index is 2.00. The number of hydrogen-bond acceptors (Lipinski definition) is 4. The van der Waals surface area contributed by atoms with Gasteiger partial charge in [-0.25, -0.2) is 0 Å². The smallest absolute Gasteiger partial charge is 0.313 e. The molecule has 118 valence electrons. The van der Waals surface area contributed by atoms with Crippen LogP contribution in [0.5, 0.6) is 0 Å². The first-order valence-corrected chi connectivity index (χ1v) is 7.14. The minimum absolute atomic E-state index is 0.0178. The molecule has 0 spiro atoms. The Labute approximate surface area is 128 Å². The molecule has 2 rings (SSSR count). The van der Waals surface area contributed by atoms with Crippen molar-refractivity contribution in [3.05, 3.63) is 29.8 Å². The van der Waals surface area contributed by atoms with E-state index in [1.165, 1.54) is 6.92 Å². The van der Waals surface area contributed by atoms with E-state index in [1.54, 1.807) is 24.3 Å². The number of benzene rings is 1. The Hall–Kier alpha value is -2.41. The fourth-order valence-corrected chi connectivity index (χ4v) is 1.78. The number of amides is 3. The summed E-state index contributed by atoms with van der Waals surface area (Å²) in [6.45, 7) is 1.48. The number of anilines is 1. The number of para-hydroxylation sites is 1. The summed E-state index contributed by atoms with van der Waals surface area (Å²) >= 11 is 0. The van der Waals surface area contributed by atoms with Gasteiger partial charge in [-0.2, -0.15) is 0 Å². The molecule has 0 bridgehead atoms. The molecule has 0 aromatic heterocycles. The van der Waals surface area contributed by atoms with Crippen LogP contribution in [0.25, 0.3) is 0 Å². The second-order valence-corrected chi connectivity index (χ2v) is 5.31. The van der Waals surface area contributed by atoms with Gasteiger partial charge in [0.05, 0.1) is 17.4 Å². The minimum Gasteiger partial charge on any atom is -0.392 e. The third-order valence-corrected chi connectivity index (χ3v) is 3.10. The van der Waals surface area contributed by atoms with Crippen molar-refractivity contribution in [3.63, 3.8) is 0 Å². The van der Waals surface area contributed by atoms with E-state index < -0.39 is 17.9 Å². The average Bonchev–Trinajstić information content (AvgIpc) is 3.29. The second kappa shape index (κ2) is 7.04. The maximum absolute atomic E-state index is 12.1. The molecule has 7 heteroatoms. The van der Waals surface area contributed by atoms with Crippen molar-refractivity contribution < 1.29 is 19.5 Å². The first-order valence-electron chi connectivity index (χ1n) is 7.14. The molecule has 1 fully saturated rings. The van der Waals surface area contributed by atoms with Crippen molar-refractivity contribution >= 4 is 23.4 Å². The summed E-state index contributed by atoms with van der Waals surface area (Å²) in [7, 11) is 0. The highest BCUT2D eigenvalue weighted by Crippen LogP contribution is 2.21. The van der Waals surface area contributed by atoms with E-state index in [0.717, 1.165) is 12.8 Å². The Morgan fingerprint density at radius 2 is 1.91 bits per heavy atom. The van der Waals surface area contributed by atoms with Gasteiger partial charge in [-0.15, -0.1) is 0 Å². The molecule has 0 saturated heterocycles. The van der Waals surface area contributed by atoms with E-state index in [-0.39, 0.29) is 24.2 Å². The van der Waals surface area contributed by atoms with Crippen LogP contribution in [-0.2, 0) is 9.59 Å². The summed E-state index contributed by atoms with van der Waals surface area (Å²) in [4.78, 5) is 35.5. The number of carbonyl (C=O) groups is 3. The predicted octanol–water partition coefficient (Wildman–Crippen LogP) is 0.0143. The van der Waals surface area contributed by atoms with Crippen molar-refractivity contribution in [2.24, 2.45) is 0 Å². The molecule has 1 atom stereocenters. The first kappa shape index (κ1) is 16.0. The van der Waals surface area contributed by atoms with Crippen LogP contribution in [0.15, 0.2) is 24.3 Å². The van der Waals surface area contributed by atoms with Crippen LogP contribution in [0.4, 0.5) is 5.69 Å². The van der Waals surface area contributed by atoms with E-state index >= 15 is 0 Å². The van der Waals surface area contributed by atoms with E-state index in [0.29, 0.717) is 5.56 Å². The molecule has 1 aromatic carbocycles. The highest BCUT2D eigenvalue weighted by molar-refractivity contribution is 6.40. The van der Waals surface area contributed by atoms with E-state index in [9.17, 15) is 14.4 Å². The van der Waals surface area contributed by atoms with Crippen LogP contribution < -0.4 is 16.0 Å². The molecule has 3 amide bonds. The van der Waals surface area contributed by atoms with Crippen molar-refractivity contribution in [2.75, 3.05) is 11.9 Å². The monoisotopic (exact) mass is 305 g/mol. The molecule has 7 nitrogen and oxygen atoms in total. The van der Waals surface area contributed by atoms with Gasteiger partial charge in [-0.3, -0.25) is 14.4 Å². The predicted molar refractivity (Wildman–Crippen MR) is 80.3 cm³/mol. The van der Waals surface area contributed by atoms with Crippen molar-refractivity contribution in [1.82, 2.24) is 10.6 Å². The summed E-state index contributed by atoms with van der Waals surface area (Å²) in [5, 5.41) is 16.6. The van der Waals surface area contributed by atoms with Gasteiger partial charge in [0.25, 0.3) is 5.91 Å². The lowest BCUT2D eigenvalue weighted by Gasteiger charge is -2.11. The van der Waals surface area contributed by atoms with Crippen LogP contribution >= 0.6 is 0 Å². The Morgan fingerprint density at radius 3 is 2.55 bits per heavy atom. The lowest BCUT2D eigenvalue weighted by molar-refractivity contribution is -0.136. The highest BCUT2D eigenvalue weighted by Gasteiger charge is 2.25. The van der Waals surface area contributed by atoms with Gasteiger partial charge in [-0.1, -0.05) is 12.1 Å². The molecule has 1 aromatic rings. The number of rotatable bonds is 5. The lowest BCUT2D eigenvalue weighted by Crippen LogP contribution is -2.39. The van der Waals surface area contributed by atoms with Gasteiger partial charge in [0.15, 0.2) is 0 Å². The molecule has 1 saturated carbocycles. The molecule has 0 aliphatic heterocycles. The van der Waals surface area contributed by atoms with E-state index in [4.69, 9.17) is 5.11 Å². The first-order chi connectivity index (χ1) is 10.5. The maximum Gasteiger partial charge on any atom is 0.313 e. The van der Waals surface area contributed by atoms with Gasteiger partial charge in [0.2, 0.25) is 0 Å². The summed E-state index contributed by atoms with van der Waals surface area (Å²) in [5.74, 6) is -2.02. The zero-order valence-corrected chi connectivity index (χ0v) is 12.3. The fourth-order valence-electron chi connectivity index (χ4n) is 1.78. The standard InChI is InChI=1S/C15H19N3O4/c1-9(19)8-16-14(21)15(22)18-12-5-3-2-4-11(12)13(20)17-10-6-7-10/h2-5,9-10,19H,6-8H2,1H3,(H,16,21)(H,17,20)(H,18,22)/t9-/m0/s1. The zero-order chi connectivity index (χ0) is 16.1. The SMILES string of the molecule is C[C@H](O)CNC(=O)C(=O)Nc1ccccc1C(=O)NC1CC1. The van der Waals surface area contributed by atoms with Crippen molar-refractivity contribution in [3.8, 4) is 0 Å². The molecule has 0 radical (unpaired) electrons. The van der Waals surface area contributed by atoms with Crippen LogP contribution in [0.3, 0.4) is 0 Å². The van der Waals surface area contributed by atoms with Crippen LogP contribution in [0.1, 0.15) is 30.1 Å². The Morgan fingerprint density at radius 1 is 1.23 bits per heavy atom. The number of carbonyl (C=O) groups excluding carboxylic acids is 3. The third-order valence-electron chi connectivity index (χ3n) is 3.10. The zero-order valence-electron chi connectivity index (χ0n) is 12.3. The summed E-state index contributed by atoms with van der Waals surface area (Å²) in [6, 6.07) is 6.69. The maximum atomic E-state index is 12.1. The second-order valence-electron chi connectivity index (χ2n) is 5.31. The number of hydrogen-bond donors (Lipinski definition) is 4. The molecule has 4 N–H and O–H groups in total. The summed E-state index contributed by atoms with van der Waals surface area (Å²) in [5.41, 5.74) is 0.587.